The van der Waals surface area contributed by atoms with Gasteiger partial charge >= 0.3 is 6.03 Å². The van der Waals surface area contributed by atoms with Gasteiger partial charge in [0.1, 0.15) is 0 Å². The molecule has 0 saturated carbocycles. The van der Waals surface area contributed by atoms with Gasteiger partial charge in [-0.1, -0.05) is 30.3 Å². The van der Waals surface area contributed by atoms with Crippen molar-refractivity contribution in [3.63, 3.8) is 0 Å². The average molecular weight is 291 g/mol. The second kappa shape index (κ2) is 6.26. The van der Waals surface area contributed by atoms with Crippen molar-refractivity contribution in [1.29, 1.82) is 0 Å². The highest BCUT2D eigenvalue weighted by Gasteiger charge is 2.09. The van der Waals surface area contributed by atoms with E-state index in [-0.39, 0.29) is 6.03 Å². The van der Waals surface area contributed by atoms with Crippen LogP contribution in [0.15, 0.2) is 60.9 Å². The van der Waals surface area contributed by atoms with Crippen molar-refractivity contribution in [2.45, 2.75) is 6.92 Å². The van der Waals surface area contributed by atoms with E-state index < -0.39 is 0 Å². The highest BCUT2D eigenvalue weighted by Crippen LogP contribution is 2.32. The molecule has 0 spiro atoms. The predicted molar refractivity (Wildman–Crippen MR) is 89.9 cm³/mol. The molecular formula is C18H17N3O. The lowest BCUT2D eigenvalue weighted by atomic mass is 9.98. The zero-order chi connectivity index (χ0) is 15.4. The van der Waals surface area contributed by atoms with Crippen LogP contribution in [0.1, 0.15) is 6.92 Å². The second-order valence-corrected chi connectivity index (χ2v) is 4.93. The summed E-state index contributed by atoms with van der Waals surface area (Å²) in [6.07, 6.45) is 3.57. The Balaban J connectivity index is 2.10. The number of rotatable bonds is 3. The molecule has 1 aromatic heterocycles. The zero-order valence-corrected chi connectivity index (χ0v) is 12.3. The number of nitrogens with zero attached hydrogens (tertiary/aromatic N) is 1. The lowest BCUT2D eigenvalue weighted by Crippen LogP contribution is -2.28. The maximum Gasteiger partial charge on any atom is 0.319 e. The number of urea groups is 1. The summed E-state index contributed by atoms with van der Waals surface area (Å²) < 4.78 is 0. The number of carbonyl (C=O) groups is 1. The molecule has 0 fully saturated rings. The van der Waals surface area contributed by atoms with E-state index in [0.29, 0.717) is 6.54 Å². The van der Waals surface area contributed by atoms with Crippen molar-refractivity contribution < 1.29 is 4.79 Å². The molecule has 0 aliphatic rings. The summed E-state index contributed by atoms with van der Waals surface area (Å²) in [4.78, 5) is 15.8. The summed E-state index contributed by atoms with van der Waals surface area (Å²) in [6.45, 7) is 2.49. The smallest absolute Gasteiger partial charge is 0.319 e. The molecule has 2 amide bonds. The van der Waals surface area contributed by atoms with Crippen LogP contribution in [0, 0.1) is 0 Å². The minimum absolute atomic E-state index is 0.190. The standard InChI is InChI=1S/C18H17N3O/c1-2-20-18(22)21-17-8-7-14(13-9-11-19-12-10-13)15-5-3-4-6-16(15)17/h3-12H,2H2,1H3,(H2,20,21,22). The van der Waals surface area contributed by atoms with E-state index >= 15 is 0 Å². The van der Waals surface area contributed by atoms with Crippen LogP contribution in [-0.4, -0.2) is 17.6 Å². The largest absolute Gasteiger partial charge is 0.338 e. The predicted octanol–water partition coefficient (Wildman–Crippen LogP) is 4.04. The summed E-state index contributed by atoms with van der Waals surface area (Å²) in [6, 6.07) is 15.8. The van der Waals surface area contributed by atoms with E-state index in [9.17, 15) is 4.79 Å². The van der Waals surface area contributed by atoms with Crippen molar-refractivity contribution in [2.24, 2.45) is 0 Å². The molecule has 22 heavy (non-hydrogen) atoms. The Hall–Kier alpha value is -2.88. The monoisotopic (exact) mass is 291 g/mol. The second-order valence-electron chi connectivity index (χ2n) is 4.93. The van der Waals surface area contributed by atoms with Crippen LogP contribution < -0.4 is 10.6 Å². The van der Waals surface area contributed by atoms with E-state index in [2.05, 4.69) is 21.7 Å². The molecule has 0 atom stereocenters. The van der Waals surface area contributed by atoms with Crippen molar-refractivity contribution in [3.8, 4) is 11.1 Å². The van der Waals surface area contributed by atoms with Crippen LogP contribution in [-0.2, 0) is 0 Å². The van der Waals surface area contributed by atoms with Gasteiger partial charge < -0.3 is 10.6 Å². The van der Waals surface area contributed by atoms with Gasteiger partial charge in [0.25, 0.3) is 0 Å². The van der Waals surface area contributed by atoms with Gasteiger partial charge in [0.05, 0.1) is 5.69 Å². The van der Waals surface area contributed by atoms with Crippen LogP contribution in [0.4, 0.5) is 10.5 Å². The Morgan fingerprint density at radius 2 is 1.73 bits per heavy atom. The Kier molecular flexibility index (Phi) is 4.01. The van der Waals surface area contributed by atoms with Crippen molar-refractivity contribution in [1.82, 2.24) is 10.3 Å². The van der Waals surface area contributed by atoms with Crippen LogP contribution in [0.2, 0.25) is 0 Å². The van der Waals surface area contributed by atoms with Crippen molar-refractivity contribution in [3.05, 3.63) is 60.9 Å². The van der Waals surface area contributed by atoms with E-state index in [1.807, 2.05) is 49.4 Å². The van der Waals surface area contributed by atoms with Gasteiger partial charge in [0.15, 0.2) is 0 Å². The van der Waals surface area contributed by atoms with Gasteiger partial charge in [-0.15, -0.1) is 0 Å². The topological polar surface area (TPSA) is 54.0 Å². The third-order valence-electron chi connectivity index (χ3n) is 3.50. The fourth-order valence-corrected chi connectivity index (χ4v) is 2.52. The molecule has 0 aliphatic carbocycles. The Labute approximate surface area is 129 Å². The molecule has 0 saturated heterocycles. The molecule has 0 bridgehead atoms. The minimum atomic E-state index is -0.190. The number of nitrogens with one attached hydrogen (secondary N) is 2. The number of carbonyl (C=O) groups excluding carboxylic acids is 1. The van der Waals surface area contributed by atoms with Gasteiger partial charge in [-0.05, 0) is 41.6 Å². The molecule has 2 N–H and O–H groups in total. The lowest BCUT2D eigenvalue weighted by molar-refractivity contribution is 0.252. The fourth-order valence-electron chi connectivity index (χ4n) is 2.52. The molecule has 1 heterocycles. The highest BCUT2D eigenvalue weighted by atomic mass is 16.2. The first-order chi connectivity index (χ1) is 10.8. The maximum atomic E-state index is 11.8. The zero-order valence-electron chi connectivity index (χ0n) is 12.3. The van der Waals surface area contributed by atoms with Gasteiger partial charge in [0, 0.05) is 24.3 Å². The summed E-state index contributed by atoms with van der Waals surface area (Å²) >= 11 is 0. The van der Waals surface area contributed by atoms with Crippen LogP contribution in [0.25, 0.3) is 21.9 Å². The molecule has 3 rings (SSSR count). The van der Waals surface area contributed by atoms with Crippen LogP contribution >= 0.6 is 0 Å². The molecule has 0 aliphatic heterocycles. The number of anilines is 1. The van der Waals surface area contributed by atoms with Gasteiger partial charge in [-0.25, -0.2) is 4.79 Å². The lowest BCUT2D eigenvalue weighted by Gasteiger charge is -2.12. The molecule has 4 heteroatoms. The van der Waals surface area contributed by atoms with E-state index in [1.54, 1.807) is 12.4 Å². The van der Waals surface area contributed by atoms with Gasteiger partial charge in [0.2, 0.25) is 0 Å². The van der Waals surface area contributed by atoms with Crippen LogP contribution in [0.5, 0.6) is 0 Å². The average Bonchev–Trinajstić information content (AvgIpc) is 2.56. The Morgan fingerprint density at radius 3 is 2.45 bits per heavy atom. The van der Waals surface area contributed by atoms with Crippen molar-refractivity contribution in [2.75, 3.05) is 11.9 Å². The first kappa shape index (κ1) is 14.1. The Bertz CT molecular complexity index is 800. The fraction of sp³-hybridized carbons (Fsp3) is 0.111. The number of amides is 2. The highest BCUT2D eigenvalue weighted by molar-refractivity contribution is 6.07. The summed E-state index contributed by atoms with van der Waals surface area (Å²) in [5.74, 6) is 0. The number of hydrogen-bond donors (Lipinski definition) is 2. The first-order valence-electron chi connectivity index (χ1n) is 7.26. The number of fused-ring (bicyclic) bond motifs is 1. The molecule has 2 aromatic carbocycles. The number of hydrogen-bond acceptors (Lipinski definition) is 2. The van der Waals surface area contributed by atoms with Gasteiger partial charge in [-0.2, -0.15) is 0 Å². The maximum absolute atomic E-state index is 11.8. The molecule has 110 valence electrons. The number of aromatic nitrogens is 1. The molecule has 0 radical (unpaired) electrons. The van der Waals surface area contributed by atoms with E-state index in [0.717, 1.165) is 27.6 Å². The summed E-state index contributed by atoms with van der Waals surface area (Å²) in [5, 5.41) is 7.77. The third-order valence-corrected chi connectivity index (χ3v) is 3.50. The number of pyridine rings is 1. The SMILES string of the molecule is CCNC(=O)Nc1ccc(-c2ccncc2)c2ccccc12. The minimum Gasteiger partial charge on any atom is -0.338 e. The first-order valence-corrected chi connectivity index (χ1v) is 7.26. The van der Waals surface area contributed by atoms with E-state index in [4.69, 9.17) is 0 Å². The quantitative estimate of drug-likeness (QED) is 0.765. The van der Waals surface area contributed by atoms with Crippen LogP contribution in [0.3, 0.4) is 0 Å². The normalized spacial score (nSPS) is 10.4. The molecular weight excluding hydrogens is 274 g/mol. The van der Waals surface area contributed by atoms with Crippen molar-refractivity contribution >= 4 is 22.5 Å². The number of benzene rings is 2. The molecule has 4 nitrogen and oxygen atoms in total. The van der Waals surface area contributed by atoms with E-state index in [1.165, 1.54) is 0 Å². The Morgan fingerprint density at radius 1 is 1.00 bits per heavy atom. The summed E-state index contributed by atoms with van der Waals surface area (Å²) in [5.41, 5.74) is 3.04. The van der Waals surface area contributed by atoms with Gasteiger partial charge in [-0.3, -0.25) is 4.98 Å². The molecule has 3 aromatic rings. The molecule has 0 unspecified atom stereocenters. The summed E-state index contributed by atoms with van der Waals surface area (Å²) in [7, 11) is 0. The third kappa shape index (κ3) is 2.76.